The van der Waals surface area contributed by atoms with Gasteiger partial charge in [-0.25, -0.2) is 9.97 Å². The van der Waals surface area contributed by atoms with E-state index >= 15 is 0 Å². The highest BCUT2D eigenvalue weighted by Gasteiger charge is 2.07. The molecule has 0 spiro atoms. The number of methoxy groups -OCH3 is 1. The zero-order valence-corrected chi connectivity index (χ0v) is 9.76. The van der Waals surface area contributed by atoms with Crippen LogP contribution in [0.15, 0.2) is 30.5 Å². The second-order valence-electron chi connectivity index (χ2n) is 3.78. The number of benzene rings is 1. The number of rotatable bonds is 5. The number of aromatic nitrogens is 2. The summed E-state index contributed by atoms with van der Waals surface area (Å²) in [4.78, 5) is 8.66. The number of ether oxygens (including phenoxy) is 1. The van der Waals surface area contributed by atoms with Crippen molar-refractivity contribution in [1.82, 2.24) is 9.97 Å². The van der Waals surface area contributed by atoms with Gasteiger partial charge in [-0.05, 0) is 6.07 Å². The van der Waals surface area contributed by atoms with Crippen LogP contribution in [0.4, 0.5) is 5.95 Å². The van der Waals surface area contributed by atoms with Gasteiger partial charge in [0.25, 0.3) is 0 Å². The van der Waals surface area contributed by atoms with Crippen LogP contribution in [0.3, 0.4) is 0 Å². The van der Waals surface area contributed by atoms with Gasteiger partial charge in [-0.15, -0.1) is 0 Å². The van der Waals surface area contributed by atoms with Gasteiger partial charge < -0.3 is 15.8 Å². The van der Waals surface area contributed by atoms with E-state index in [1.54, 1.807) is 13.3 Å². The number of nitrogens with two attached hydrogens (primary N) is 1. The van der Waals surface area contributed by atoms with Crippen molar-refractivity contribution in [2.45, 2.75) is 6.04 Å². The second kappa shape index (κ2) is 5.56. The zero-order valence-electron chi connectivity index (χ0n) is 9.76. The van der Waals surface area contributed by atoms with Gasteiger partial charge in [0.05, 0.1) is 18.2 Å². The Labute approximate surface area is 100 Å². The molecule has 1 aromatic carbocycles. The van der Waals surface area contributed by atoms with Crippen LogP contribution in [0.25, 0.3) is 10.9 Å². The van der Waals surface area contributed by atoms with Crippen LogP contribution in [0.2, 0.25) is 0 Å². The molecule has 0 radical (unpaired) electrons. The number of nitrogens with one attached hydrogen (secondary N) is 1. The van der Waals surface area contributed by atoms with E-state index in [0.717, 1.165) is 10.9 Å². The molecule has 0 aliphatic heterocycles. The minimum absolute atomic E-state index is 0.0289. The number of hydrogen-bond acceptors (Lipinski definition) is 5. The molecule has 2 rings (SSSR count). The maximum absolute atomic E-state index is 5.62. The molecule has 0 aliphatic carbocycles. The van der Waals surface area contributed by atoms with Crippen molar-refractivity contribution in [2.24, 2.45) is 5.73 Å². The average Bonchev–Trinajstić information content (AvgIpc) is 2.38. The van der Waals surface area contributed by atoms with Crippen LogP contribution in [0, 0.1) is 0 Å². The van der Waals surface area contributed by atoms with Gasteiger partial charge in [-0.3, -0.25) is 0 Å². The normalized spacial score (nSPS) is 12.6. The van der Waals surface area contributed by atoms with Crippen molar-refractivity contribution in [1.29, 1.82) is 0 Å². The van der Waals surface area contributed by atoms with Crippen molar-refractivity contribution >= 4 is 16.9 Å². The predicted molar refractivity (Wildman–Crippen MR) is 67.9 cm³/mol. The van der Waals surface area contributed by atoms with Crippen LogP contribution in [-0.2, 0) is 4.74 Å². The smallest absolute Gasteiger partial charge is 0.223 e. The van der Waals surface area contributed by atoms with Crippen molar-refractivity contribution in [3.8, 4) is 0 Å². The Morgan fingerprint density at radius 1 is 1.41 bits per heavy atom. The van der Waals surface area contributed by atoms with Crippen LogP contribution >= 0.6 is 0 Å². The van der Waals surface area contributed by atoms with E-state index in [2.05, 4.69) is 15.3 Å². The van der Waals surface area contributed by atoms with Crippen molar-refractivity contribution in [2.75, 3.05) is 25.6 Å². The molecule has 2 aromatic rings. The summed E-state index contributed by atoms with van der Waals surface area (Å²) >= 11 is 0. The van der Waals surface area contributed by atoms with E-state index in [-0.39, 0.29) is 6.04 Å². The van der Waals surface area contributed by atoms with Crippen LogP contribution in [-0.4, -0.2) is 36.3 Å². The molecule has 0 bridgehead atoms. The fraction of sp³-hybridized carbons (Fsp3) is 0.333. The summed E-state index contributed by atoms with van der Waals surface area (Å²) in [5.41, 5.74) is 6.54. The summed E-state index contributed by atoms with van der Waals surface area (Å²) in [5, 5.41) is 4.17. The summed E-state index contributed by atoms with van der Waals surface area (Å²) in [6.07, 6.45) is 1.80. The summed E-state index contributed by atoms with van der Waals surface area (Å²) in [7, 11) is 1.64. The quantitative estimate of drug-likeness (QED) is 0.805. The highest BCUT2D eigenvalue weighted by molar-refractivity contribution is 5.78. The first kappa shape index (κ1) is 11.8. The average molecular weight is 232 g/mol. The molecule has 0 amide bonds. The molecule has 1 heterocycles. The highest BCUT2D eigenvalue weighted by atomic mass is 16.5. The minimum Gasteiger partial charge on any atom is -0.383 e. The highest BCUT2D eigenvalue weighted by Crippen LogP contribution is 2.12. The van der Waals surface area contributed by atoms with E-state index in [9.17, 15) is 0 Å². The molecule has 90 valence electrons. The number of nitrogens with zero attached hydrogens (tertiary/aromatic N) is 2. The van der Waals surface area contributed by atoms with Crippen molar-refractivity contribution in [3.05, 3.63) is 30.5 Å². The van der Waals surface area contributed by atoms with Crippen molar-refractivity contribution in [3.63, 3.8) is 0 Å². The summed E-state index contributed by atoms with van der Waals surface area (Å²) in [6.45, 7) is 1.01. The Kier molecular flexibility index (Phi) is 3.85. The third-order valence-corrected chi connectivity index (χ3v) is 2.47. The van der Waals surface area contributed by atoms with E-state index in [1.165, 1.54) is 0 Å². The van der Waals surface area contributed by atoms with Gasteiger partial charge in [0.15, 0.2) is 0 Å². The number of anilines is 1. The molecule has 1 unspecified atom stereocenters. The largest absolute Gasteiger partial charge is 0.383 e. The second-order valence-corrected chi connectivity index (χ2v) is 3.78. The Morgan fingerprint density at radius 2 is 2.24 bits per heavy atom. The Hall–Kier alpha value is -1.72. The van der Waals surface area contributed by atoms with Gasteiger partial charge in [0.2, 0.25) is 5.95 Å². The van der Waals surface area contributed by atoms with E-state index in [0.29, 0.717) is 19.1 Å². The molecule has 17 heavy (non-hydrogen) atoms. The molecule has 0 fully saturated rings. The van der Waals surface area contributed by atoms with Crippen molar-refractivity contribution < 1.29 is 4.74 Å². The predicted octanol–water partition coefficient (Wildman–Crippen LogP) is 1.02. The topological polar surface area (TPSA) is 73.1 Å². The van der Waals surface area contributed by atoms with E-state index < -0.39 is 0 Å². The molecule has 5 heteroatoms. The number of hydrogen-bond donors (Lipinski definition) is 2. The van der Waals surface area contributed by atoms with Gasteiger partial charge in [0, 0.05) is 25.2 Å². The van der Waals surface area contributed by atoms with Gasteiger partial charge in [-0.1, -0.05) is 18.2 Å². The third kappa shape index (κ3) is 2.89. The van der Waals surface area contributed by atoms with Crippen LogP contribution in [0.5, 0.6) is 0 Å². The van der Waals surface area contributed by atoms with Crippen LogP contribution in [0.1, 0.15) is 0 Å². The molecule has 5 nitrogen and oxygen atoms in total. The molecule has 1 atom stereocenters. The zero-order chi connectivity index (χ0) is 12.1. The van der Waals surface area contributed by atoms with Gasteiger partial charge >= 0.3 is 0 Å². The first-order valence-electron chi connectivity index (χ1n) is 5.51. The van der Waals surface area contributed by atoms with E-state index in [1.807, 2.05) is 24.3 Å². The molecule has 1 aromatic heterocycles. The Bertz CT molecular complexity index is 489. The summed E-state index contributed by atoms with van der Waals surface area (Å²) in [6, 6.07) is 7.88. The first-order chi connectivity index (χ1) is 8.33. The maximum Gasteiger partial charge on any atom is 0.223 e. The fourth-order valence-corrected chi connectivity index (χ4v) is 1.59. The molecule has 0 saturated carbocycles. The lowest BCUT2D eigenvalue weighted by Crippen LogP contribution is -2.33. The molecule has 0 saturated heterocycles. The Balaban J connectivity index is 2.18. The molecular formula is C12H16N4O. The van der Waals surface area contributed by atoms with Crippen LogP contribution < -0.4 is 11.1 Å². The fourth-order valence-electron chi connectivity index (χ4n) is 1.59. The summed E-state index contributed by atoms with van der Waals surface area (Å²) < 4.78 is 5.06. The lowest BCUT2D eigenvalue weighted by atomic mass is 10.2. The lowest BCUT2D eigenvalue weighted by Gasteiger charge is -2.15. The Morgan fingerprint density at radius 3 is 3.00 bits per heavy atom. The van der Waals surface area contributed by atoms with E-state index in [4.69, 9.17) is 10.5 Å². The standard InChI is InChI=1S/C12H16N4O/c1-17-8-10(6-13)15-12-14-7-9-4-2-3-5-11(9)16-12/h2-5,7,10H,6,8,13H2,1H3,(H,14,15,16). The monoisotopic (exact) mass is 232 g/mol. The summed E-state index contributed by atoms with van der Waals surface area (Å²) in [5.74, 6) is 0.580. The van der Waals surface area contributed by atoms with Gasteiger partial charge in [0.1, 0.15) is 0 Å². The van der Waals surface area contributed by atoms with Gasteiger partial charge in [-0.2, -0.15) is 0 Å². The molecule has 3 N–H and O–H groups in total. The SMILES string of the molecule is COCC(CN)Nc1ncc2ccccc2n1. The first-order valence-corrected chi connectivity index (χ1v) is 5.51. The minimum atomic E-state index is 0.0289. The maximum atomic E-state index is 5.62. The molecular weight excluding hydrogens is 216 g/mol. The molecule has 0 aliphatic rings. The third-order valence-electron chi connectivity index (χ3n) is 2.47. The number of para-hydroxylation sites is 1. The lowest BCUT2D eigenvalue weighted by molar-refractivity contribution is 0.187. The number of fused-ring (bicyclic) bond motifs is 1.